The van der Waals surface area contributed by atoms with Crippen molar-refractivity contribution < 1.29 is 19.1 Å². The maximum absolute atomic E-state index is 11.4. The number of thiazole rings is 1. The molecular weight excluding hydrogens is 244 g/mol. The Morgan fingerprint density at radius 1 is 1.53 bits per heavy atom. The maximum Gasteiger partial charge on any atom is 0.350 e. The van der Waals surface area contributed by atoms with Crippen LogP contribution in [-0.4, -0.2) is 31.1 Å². The number of amides is 1. The van der Waals surface area contributed by atoms with Gasteiger partial charge in [-0.2, -0.15) is 0 Å². The highest BCUT2D eigenvalue weighted by Gasteiger charge is 2.19. The first kappa shape index (κ1) is 13.3. The fraction of sp³-hybridized carbons (Fsp3) is 0.300. The molecule has 1 heterocycles. The number of nitrogens with one attached hydrogen (secondary N) is 1. The highest BCUT2D eigenvalue weighted by Crippen LogP contribution is 2.24. The van der Waals surface area contributed by atoms with Gasteiger partial charge in [0, 0.05) is 7.11 Å². The third kappa shape index (κ3) is 3.36. The van der Waals surface area contributed by atoms with Crippen LogP contribution in [0, 0.1) is 0 Å². The molecule has 0 aliphatic heterocycles. The normalized spacial score (nSPS) is 9.76. The molecule has 0 bridgehead atoms. The molecule has 0 aliphatic carbocycles. The number of ether oxygens (including phenoxy) is 2. The molecule has 0 saturated heterocycles. The second kappa shape index (κ2) is 6.12. The zero-order chi connectivity index (χ0) is 12.8. The lowest BCUT2D eigenvalue weighted by molar-refractivity contribution is -0.111. The molecule has 1 amide bonds. The smallest absolute Gasteiger partial charge is 0.350 e. The second-order valence-electron chi connectivity index (χ2n) is 2.91. The van der Waals surface area contributed by atoms with Gasteiger partial charge in [0.2, 0.25) is 5.91 Å². The van der Waals surface area contributed by atoms with Crippen molar-refractivity contribution in [3.05, 3.63) is 23.2 Å². The summed E-state index contributed by atoms with van der Waals surface area (Å²) in [4.78, 5) is 26.9. The molecular formula is C10H12N2O4S. The minimum absolute atomic E-state index is 0.172. The standard InChI is InChI=1S/C10H12N2O4S/c1-4-7(13)12-10-11-6(5-15-2)8(17-10)9(14)16-3/h4H,1,5H2,2-3H3,(H,11,12,13). The van der Waals surface area contributed by atoms with Crippen LogP contribution in [0.15, 0.2) is 12.7 Å². The van der Waals surface area contributed by atoms with Crippen LogP contribution in [0.2, 0.25) is 0 Å². The number of methoxy groups -OCH3 is 2. The molecule has 0 fully saturated rings. The van der Waals surface area contributed by atoms with E-state index >= 15 is 0 Å². The molecule has 92 valence electrons. The molecule has 1 rings (SSSR count). The molecule has 0 aromatic carbocycles. The van der Waals surface area contributed by atoms with E-state index in [1.165, 1.54) is 14.2 Å². The SMILES string of the molecule is C=CC(=O)Nc1nc(COC)c(C(=O)OC)s1. The van der Waals surface area contributed by atoms with Gasteiger partial charge in [-0.15, -0.1) is 0 Å². The van der Waals surface area contributed by atoms with Crippen molar-refractivity contribution in [3.8, 4) is 0 Å². The lowest BCUT2D eigenvalue weighted by Gasteiger charge is -1.97. The van der Waals surface area contributed by atoms with Crippen LogP contribution in [0.5, 0.6) is 0 Å². The first-order chi connectivity index (χ1) is 8.12. The molecule has 1 aromatic heterocycles. The molecule has 0 aliphatic rings. The average Bonchev–Trinajstić information content (AvgIpc) is 2.71. The third-order valence-corrected chi connectivity index (χ3v) is 2.76. The summed E-state index contributed by atoms with van der Waals surface area (Å²) in [5, 5.41) is 2.78. The van der Waals surface area contributed by atoms with Gasteiger partial charge in [0.05, 0.1) is 19.4 Å². The Balaban J connectivity index is 2.98. The Morgan fingerprint density at radius 3 is 2.76 bits per heavy atom. The van der Waals surface area contributed by atoms with Crippen LogP contribution < -0.4 is 5.32 Å². The molecule has 7 heteroatoms. The zero-order valence-electron chi connectivity index (χ0n) is 9.48. The first-order valence-corrected chi connectivity index (χ1v) is 5.44. The molecule has 0 unspecified atom stereocenters. The highest BCUT2D eigenvalue weighted by molar-refractivity contribution is 7.17. The number of carbonyl (C=O) groups excluding carboxylic acids is 2. The van der Waals surface area contributed by atoms with Crippen LogP contribution in [0.3, 0.4) is 0 Å². The van der Waals surface area contributed by atoms with Crippen molar-refractivity contribution in [2.75, 3.05) is 19.5 Å². The second-order valence-corrected chi connectivity index (χ2v) is 3.91. The van der Waals surface area contributed by atoms with Gasteiger partial charge in [-0.05, 0) is 6.08 Å². The van der Waals surface area contributed by atoms with E-state index in [4.69, 9.17) is 4.74 Å². The lowest BCUT2D eigenvalue weighted by Crippen LogP contribution is -2.06. The highest BCUT2D eigenvalue weighted by atomic mass is 32.1. The van der Waals surface area contributed by atoms with Gasteiger partial charge in [0.15, 0.2) is 5.13 Å². The summed E-state index contributed by atoms with van der Waals surface area (Å²) >= 11 is 1.03. The molecule has 0 atom stereocenters. The number of nitrogens with zero attached hydrogens (tertiary/aromatic N) is 1. The number of rotatable bonds is 5. The fourth-order valence-electron chi connectivity index (χ4n) is 1.05. The number of carbonyl (C=O) groups is 2. The Hall–Kier alpha value is -1.73. The van der Waals surface area contributed by atoms with Gasteiger partial charge in [-0.1, -0.05) is 17.9 Å². The van der Waals surface area contributed by atoms with E-state index in [0.29, 0.717) is 15.7 Å². The van der Waals surface area contributed by atoms with Crippen molar-refractivity contribution in [2.24, 2.45) is 0 Å². The summed E-state index contributed by atoms with van der Waals surface area (Å²) in [7, 11) is 2.77. The van der Waals surface area contributed by atoms with Crippen LogP contribution in [-0.2, 0) is 20.9 Å². The monoisotopic (exact) mass is 256 g/mol. The Labute approximate surface area is 102 Å². The van der Waals surface area contributed by atoms with Crippen molar-refractivity contribution in [1.29, 1.82) is 0 Å². The Bertz CT molecular complexity index is 442. The van der Waals surface area contributed by atoms with Crippen LogP contribution in [0.1, 0.15) is 15.4 Å². The van der Waals surface area contributed by atoms with Crippen molar-refractivity contribution in [1.82, 2.24) is 4.98 Å². The van der Waals surface area contributed by atoms with Crippen molar-refractivity contribution >= 4 is 28.3 Å². The first-order valence-electron chi connectivity index (χ1n) is 4.62. The quantitative estimate of drug-likeness (QED) is 0.632. The van der Waals surface area contributed by atoms with E-state index in [1.807, 2.05) is 0 Å². The van der Waals surface area contributed by atoms with Crippen LogP contribution in [0.25, 0.3) is 0 Å². The number of aromatic nitrogens is 1. The Morgan fingerprint density at radius 2 is 2.24 bits per heavy atom. The largest absolute Gasteiger partial charge is 0.465 e. The van der Waals surface area contributed by atoms with Gasteiger partial charge in [-0.25, -0.2) is 9.78 Å². The summed E-state index contributed by atoms with van der Waals surface area (Å²) in [6, 6.07) is 0. The summed E-state index contributed by atoms with van der Waals surface area (Å²) in [6.07, 6.45) is 1.12. The molecule has 0 saturated carbocycles. The molecule has 1 aromatic rings. The van der Waals surface area contributed by atoms with E-state index in [1.54, 1.807) is 0 Å². The van der Waals surface area contributed by atoms with Crippen LogP contribution >= 0.6 is 11.3 Å². The predicted molar refractivity (Wildman–Crippen MR) is 63.0 cm³/mol. The number of hydrogen-bond acceptors (Lipinski definition) is 6. The maximum atomic E-state index is 11.4. The van der Waals surface area contributed by atoms with E-state index in [9.17, 15) is 9.59 Å². The zero-order valence-corrected chi connectivity index (χ0v) is 10.3. The lowest BCUT2D eigenvalue weighted by atomic mass is 10.4. The number of esters is 1. The van der Waals surface area contributed by atoms with Gasteiger partial charge in [-0.3, -0.25) is 10.1 Å². The molecule has 0 spiro atoms. The van der Waals surface area contributed by atoms with E-state index in [-0.39, 0.29) is 12.5 Å². The summed E-state index contributed by atoms with van der Waals surface area (Å²) in [6.45, 7) is 3.49. The molecule has 0 radical (unpaired) electrons. The average molecular weight is 256 g/mol. The van der Waals surface area contributed by atoms with E-state index in [2.05, 4.69) is 21.6 Å². The third-order valence-electron chi connectivity index (χ3n) is 1.76. The molecule has 1 N–H and O–H groups in total. The van der Waals surface area contributed by atoms with Gasteiger partial charge in [0.1, 0.15) is 4.88 Å². The van der Waals surface area contributed by atoms with Gasteiger partial charge in [0.25, 0.3) is 0 Å². The van der Waals surface area contributed by atoms with Crippen molar-refractivity contribution in [3.63, 3.8) is 0 Å². The Kier molecular flexibility index (Phi) is 4.80. The minimum atomic E-state index is -0.506. The topological polar surface area (TPSA) is 77.5 Å². The molecule has 6 nitrogen and oxygen atoms in total. The van der Waals surface area contributed by atoms with Crippen molar-refractivity contribution in [2.45, 2.75) is 6.61 Å². The summed E-state index contributed by atoms with van der Waals surface area (Å²) in [5.74, 6) is -0.896. The summed E-state index contributed by atoms with van der Waals surface area (Å²) < 4.78 is 9.52. The van der Waals surface area contributed by atoms with Gasteiger partial charge < -0.3 is 9.47 Å². The summed E-state index contributed by atoms with van der Waals surface area (Å²) in [5.41, 5.74) is 0.434. The molecule has 17 heavy (non-hydrogen) atoms. The minimum Gasteiger partial charge on any atom is -0.465 e. The number of anilines is 1. The van der Waals surface area contributed by atoms with E-state index in [0.717, 1.165) is 17.4 Å². The number of hydrogen-bond donors (Lipinski definition) is 1. The van der Waals surface area contributed by atoms with E-state index < -0.39 is 5.97 Å². The predicted octanol–water partition coefficient (Wildman–Crippen LogP) is 1.20. The van der Waals surface area contributed by atoms with Crippen LogP contribution in [0.4, 0.5) is 5.13 Å². The fourth-order valence-corrected chi connectivity index (χ4v) is 1.94. The van der Waals surface area contributed by atoms with Gasteiger partial charge >= 0.3 is 5.97 Å².